The lowest BCUT2D eigenvalue weighted by Gasteiger charge is -2.13. The number of hydrogen-bond donors (Lipinski definition) is 3. The molecule has 1 amide bonds. The van der Waals surface area contributed by atoms with Crippen molar-refractivity contribution in [1.29, 1.82) is 0 Å². The van der Waals surface area contributed by atoms with Crippen molar-refractivity contribution in [2.45, 2.75) is 12.5 Å². The molecule has 0 fully saturated rings. The van der Waals surface area contributed by atoms with Gasteiger partial charge in [0.1, 0.15) is 11.6 Å². The van der Waals surface area contributed by atoms with Gasteiger partial charge in [0.2, 0.25) is 5.91 Å². The molecule has 2 aromatic rings. The Hall–Kier alpha value is -1.92. The molecule has 1 atom stereocenters. The summed E-state index contributed by atoms with van der Waals surface area (Å²) in [6, 6.07) is 9.96. The second kappa shape index (κ2) is 6.69. The largest absolute Gasteiger partial charge is 0.508 e. The number of amides is 1. The minimum atomic E-state index is -0.808. The van der Waals surface area contributed by atoms with Gasteiger partial charge in [0.05, 0.1) is 11.7 Å². The number of anilines is 1. The van der Waals surface area contributed by atoms with E-state index in [1.165, 1.54) is 24.3 Å². The average molecular weight is 353 g/mol. The molecule has 0 aliphatic carbocycles. The molecule has 0 heterocycles. The van der Waals surface area contributed by atoms with Gasteiger partial charge in [-0.05, 0) is 42.3 Å². The SMILES string of the molecule is NC(Cc1ccc(O)cc1)C(=O)Nc1ccc(Br)cc1F. The number of nitrogens with two attached hydrogens (primary N) is 1. The lowest BCUT2D eigenvalue weighted by Crippen LogP contribution is -2.37. The van der Waals surface area contributed by atoms with Gasteiger partial charge in [-0.3, -0.25) is 4.79 Å². The van der Waals surface area contributed by atoms with Crippen molar-refractivity contribution in [3.63, 3.8) is 0 Å². The molecule has 2 aromatic carbocycles. The monoisotopic (exact) mass is 352 g/mol. The molecule has 1 unspecified atom stereocenters. The summed E-state index contributed by atoms with van der Waals surface area (Å²) in [5.74, 6) is -0.854. The molecule has 0 aromatic heterocycles. The maximum absolute atomic E-state index is 13.6. The van der Waals surface area contributed by atoms with Crippen molar-refractivity contribution in [2.75, 3.05) is 5.32 Å². The molecule has 0 saturated heterocycles. The highest BCUT2D eigenvalue weighted by atomic mass is 79.9. The van der Waals surface area contributed by atoms with Gasteiger partial charge in [0.15, 0.2) is 0 Å². The molecule has 2 rings (SSSR count). The highest BCUT2D eigenvalue weighted by Gasteiger charge is 2.16. The number of nitrogens with one attached hydrogen (secondary N) is 1. The van der Waals surface area contributed by atoms with Gasteiger partial charge in [-0.15, -0.1) is 0 Å². The molecule has 4 nitrogen and oxygen atoms in total. The van der Waals surface area contributed by atoms with Gasteiger partial charge in [-0.25, -0.2) is 4.39 Å². The molecule has 0 saturated carbocycles. The van der Waals surface area contributed by atoms with Crippen LogP contribution in [0.2, 0.25) is 0 Å². The Morgan fingerprint density at radius 1 is 1.29 bits per heavy atom. The number of phenols is 1. The van der Waals surface area contributed by atoms with Gasteiger partial charge in [0, 0.05) is 4.47 Å². The molecule has 0 radical (unpaired) electrons. The summed E-state index contributed by atoms with van der Waals surface area (Å²) in [5.41, 5.74) is 6.71. The topological polar surface area (TPSA) is 75.3 Å². The molecule has 0 aliphatic rings. The van der Waals surface area contributed by atoms with Gasteiger partial charge in [-0.2, -0.15) is 0 Å². The summed E-state index contributed by atoms with van der Waals surface area (Å²) in [5, 5.41) is 11.7. The first-order valence-corrected chi connectivity index (χ1v) is 7.04. The fraction of sp³-hybridized carbons (Fsp3) is 0.133. The summed E-state index contributed by atoms with van der Waals surface area (Å²) < 4.78 is 14.2. The van der Waals surface area contributed by atoms with Crippen molar-refractivity contribution in [2.24, 2.45) is 5.73 Å². The smallest absolute Gasteiger partial charge is 0.241 e. The van der Waals surface area contributed by atoms with E-state index < -0.39 is 17.8 Å². The van der Waals surface area contributed by atoms with Crippen LogP contribution in [-0.4, -0.2) is 17.1 Å². The van der Waals surface area contributed by atoms with Gasteiger partial charge < -0.3 is 16.2 Å². The molecule has 0 spiro atoms. The lowest BCUT2D eigenvalue weighted by atomic mass is 10.1. The number of halogens is 2. The predicted octanol–water partition coefficient (Wildman–Crippen LogP) is 2.80. The van der Waals surface area contributed by atoms with Crippen LogP contribution in [0.3, 0.4) is 0 Å². The van der Waals surface area contributed by atoms with E-state index >= 15 is 0 Å². The third kappa shape index (κ3) is 4.27. The third-order valence-corrected chi connectivity index (χ3v) is 3.41. The Bertz CT molecular complexity index is 647. The number of hydrogen-bond acceptors (Lipinski definition) is 3. The number of benzene rings is 2. The van der Waals surface area contributed by atoms with E-state index in [4.69, 9.17) is 5.73 Å². The predicted molar refractivity (Wildman–Crippen MR) is 82.5 cm³/mol. The summed E-state index contributed by atoms with van der Waals surface area (Å²) in [7, 11) is 0. The Morgan fingerprint density at radius 2 is 1.95 bits per heavy atom. The maximum atomic E-state index is 13.6. The van der Waals surface area contributed by atoms with Crippen LogP contribution in [0, 0.1) is 5.82 Å². The zero-order valence-corrected chi connectivity index (χ0v) is 12.6. The molecule has 4 N–H and O–H groups in total. The Labute approximate surface area is 129 Å². The van der Waals surface area contributed by atoms with Crippen LogP contribution >= 0.6 is 15.9 Å². The van der Waals surface area contributed by atoms with Crippen LogP contribution in [0.1, 0.15) is 5.56 Å². The van der Waals surface area contributed by atoms with Crippen molar-refractivity contribution in [3.05, 3.63) is 58.3 Å². The van der Waals surface area contributed by atoms with Crippen LogP contribution in [0.15, 0.2) is 46.9 Å². The van der Waals surface area contributed by atoms with Gasteiger partial charge in [-0.1, -0.05) is 28.1 Å². The summed E-state index contributed by atoms with van der Waals surface area (Å²) >= 11 is 3.14. The van der Waals surface area contributed by atoms with E-state index in [1.54, 1.807) is 18.2 Å². The quantitative estimate of drug-likeness (QED) is 0.791. The van der Waals surface area contributed by atoms with E-state index in [1.807, 2.05) is 0 Å². The lowest BCUT2D eigenvalue weighted by molar-refractivity contribution is -0.117. The van der Waals surface area contributed by atoms with Gasteiger partial charge in [0.25, 0.3) is 0 Å². The fourth-order valence-electron chi connectivity index (χ4n) is 1.79. The maximum Gasteiger partial charge on any atom is 0.241 e. The molecule has 21 heavy (non-hydrogen) atoms. The van der Waals surface area contributed by atoms with E-state index in [0.29, 0.717) is 10.9 Å². The average Bonchev–Trinajstić information content (AvgIpc) is 2.44. The van der Waals surface area contributed by atoms with Crippen molar-refractivity contribution in [3.8, 4) is 5.75 Å². The molecule has 0 bridgehead atoms. The molecule has 6 heteroatoms. The van der Waals surface area contributed by atoms with E-state index in [0.717, 1.165) is 5.56 Å². The molecular weight excluding hydrogens is 339 g/mol. The van der Waals surface area contributed by atoms with Crippen molar-refractivity contribution in [1.82, 2.24) is 0 Å². The Kier molecular flexibility index (Phi) is 4.93. The second-order valence-electron chi connectivity index (χ2n) is 4.59. The number of carbonyl (C=O) groups is 1. The van der Waals surface area contributed by atoms with E-state index in [-0.39, 0.29) is 11.4 Å². The number of carbonyl (C=O) groups excluding carboxylic acids is 1. The van der Waals surface area contributed by atoms with Crippen LogP contribution < -0.4 is 11.1 Å². The summed E-state index contributed by atoms with van der Waals surface area (Å²) in [6.07, 6.45) is 0.296. The number of rotatable bonds is 4. The minimum Gasteiger partial charge on any atom is -0.508 e. The first-order chi connectivity index (χ1) is 9.95. The second-order valence-corrected chi connectivity index (χ2v) is 5.51. The summed E-state index contributed by atoms with van der Waals surface area (Å²) in [6.45, 7) is 0. The van der Waals surface area contributed by atoms with Crippen LogP contribution in [0.25, 0.3) is 0 Å². The van der Waals surface area contributed by atoms with Crippen LogP contribution in [0.4, 0.5) is 10.1 Å². The number of phenolic OH excluding ortho intramolecular Hbond substituents is 1. The zero-order valence-electron chi connectivity index (χ0n) is 11.0. The highest BCUT2D eigenvalue weighted by Crippen LogP contribution is 2.19. The normalized spacial score (nSPS) is 12.0. The standard InChI is InChI=1S/C15H14BrFN2O2/c16-10-3-6-14(12(17)8-10)19-15(21)13(18)7-9-1-4-11(20)5-2-9/h1-6,8,13,20H,7,18H2,(H,19,21). The zero-order chi connectivity index (χ0) is 15.4. The molecular formula is C15H14BrFN2O2. The Balaban J connectivity index is 2.00. The Morgan fingerprint density at radius 3 is 2.57 bits per heavy atom. The molecule has 0 aliphatic heterocycles. The molecule has 110 valence electrons. The van der Waals surface area contributed by atoms with Crippen LogP contribution in [0.5, 0.6) is 5.75 Å². The van der Waals surface area contributed by atoms with E-state index in [2.05, 4.69) is 21.2 Å². The van der Waals surface area contributed by atoms with E-state index in [9.17, 15) is 14.3 Å². The minimum absolute atomic E-state index is 0.0874. The summed E-state index contributed by atoms with van der Waals surface area (Å²) in [4.78, 5) is 12.0. The highest BCUT2D eigenvalue weighted by molar-refractivity contribution is 9.10. The third-order valence-electron chi connectivity index (χ3n) is 2.92. The van der Waals surface area contributed by atoms with Crippen molar-refractivity contribution >= 4 is 27.5 Å². The van der Waals surface area contributed by atoms with Crippen LogP contribution in [-0.2, 0) is 11.2 Å². The first kappa shape index (κ1) is 15.5. The van der Waals surface area contributed by atoms with Crippen molar-refractivity contribution < 1.29 is 14.3 Å². The first-order valence-electron chi connectivity index (χ1n) is 6.25. The fourth-order valence-corrected chi connectivity index (χ4v) is 2.13. The van der Waals surface area contributed by atoms with Gasteiger partial charge >= 0.3 is 0 Å². The number of aromatic hydroxyl groups is 1.